The van der Waals surface area contributed by atoms with Crippen molar-refractivity contribution in [1.29, 1.82) is 0 Å². The summed E-state index contributed by atoms with van der Waals surface area (Å²) in [5.74, 6) is 1.53. The van der Waals surface area contributed by atoms with Crippen LogP contribution in [-0.2, 0) is 12.8 Å². The molecule has 1 N–H and O–H groups in total. The molecule has 0 saturated carbocycles. The number of aliphatic hydroxyl groups is 1. The third kappa shape index (κ3) is 2.00. The molecule has 1 atom stereocenters. The van der Waals surface area contributed by atoms with E-state index in [4.69, 9.17) is 9.47 Å². The van der Waals surface area contributed by atoms with E-state index < -0.39 is 6.10 Å². The number of hydrogen-bond acceptors (Lipinski definition) is 3. The van der Waals surface area contributed by atoms with Crippen molar-refractivity contribution in [1.82, 2.24) is 0 Å². The van der Waals surface area contributed by atoms with Gasteiger partial charge in [0.25, 0.3) is 0 Å². The standard InChI is InChI=1S/C18H18O3/c1-20-14-6-7-17-15(8-14)16(19)11-18(21-17)9-12-4-2-3-5-13(12)10-18/h2-8,16,19H,9-11H2,1H3/t16-/m1/s1. The summed E-state index contributed by atoms with van der Waals surface area (Å²) < 4.78 is 11.5. The fraction of sp³-hybridized carbons (Fsp3) is 0.333. The minimum Gasteiger partial charge on any atom is -0.497 e. The number of rotatable bonds is 1. The van der Waals surface area contributed by atoms with Gasteiger partial charge >= 0.3 is 0 Å². The van der Waals surface area contributed by atoms with Crippen LogP contribution in [0.2, 0.25) is 0 Å². The third-order valence-corrected chi connectivity index (χ3v) is 4.61. The molecule has 1 heterocycles. The molecule has 0 aromatic heterocycles. The lowest BCUT2D eigenvalue weighted by Crippen LogP contribution is -2.42. The van der Waals surface area contributed by atoms with Crippen LogP contribution in [0.5, 0.6) is 11.5 Å². The first-order valence-electron chi connectivity index (χ1n) is 7.31. The second kappa shape index (κ2) is 4.50. The van der Waals surface area contributed by atoms with Crippen LogP contribution in [0.15, 0.2) is 42.5 Å². The Morgan fingerprint density at radius 2 is 1.86 bits per heavy atom. The lowest BCUT2D eigenvalue weighted by Gasteiger charge is -2.38. The van der Waals surface area contributed by atoms with Crippen LogP contribution >= 0.6 is 0 Å². The SMILES string of the molecule is COc1ccc2c(c1)[C@H](O)CC1(Cc3ccccc3C1)O2. The molecule has 0 amide bonds. The van der Waals surface area contributed by atoms with E-state index in [1.807, 2.05) is 18.2 Å². The van der Waals surface area contributed by atoms with Crippen molar-refractivity contribution in [2.24, 2.45) is 0 Å². The van der Waals surface area contributed by atoms with Crippen molar-refractivity contribution in [3.05, 3.63) is 59.2 Å². The van der Waals surface area contributed by atoms with Gasteiger partial charge in [-0.2, -0.15) is 0 Å². The van der Waals surface area contributed by atoms with Gasteiger partial charge < -0.3 is 14.6 Å². The quantitative estimate of drug-likeness (QED) is 0.873. The van der Waals surface area contributed by atoms with Crippen LogP contribution in [0.4, 0.5) is 0 Å². The van der Waals surface area contributed by atoms with Crippen molar-refractivity contribution >= 4 is 0 Å². The van der Waals surface area contributed by atoms with Crippen LogP contribution in [0.25, 0.3) is 0 Å². The van der Waals surface area contributed by atoms with Gasteiger partial charge in [0.05, 0.1) is 13.2 Å². The van der Waals surface area contributed by atoms with Gasteiger partial charge in [-0.15, -0.1) is 0 Å². The van der Waals surface area contributed by atoms with E-state index in [0.717, 1.165) is 29.9 Å². The Morgan fingerprint density at radius 3 is 2.52 bits per heavy atom. The Balaban J connectivity index is 1.70. The maximum Gasteiger partial charge on any atom is 0.126 e. The average molecular weight is 282 g/mol. The molecule has 4 rings (SSSR count). The predicted octanol–water partition coefficient (Wildman–Crippen LogP) is 3.05. The van der Waals surface area contributed by atoms with Crippen molar-refractivity contribution in [2.75, 3.05) is 7.11 Å². The highest BCUT2D eigenvalue weighted by Gasteiger charge is 2.44. The second-order valence-corrected chi connectivity index (χ2v) is 6.03. The van der Waals surface area contributed by atoms with E-state index >= 15 is 0 Å². The summed E-state index contributed by atoms with van der Waals surface area (Å²) in [6.07, 6.45) is 1.86. The van der Waals surface area contributed by atoms with Gasteiger partial charge in [-0.3, -0.25) is 0 Å². The van der Waals surface area contributed by atoms with E-state index in [-0.39, 0.29) is 5.60 Å². The van der Waals surface area contributed by atoms with E-state index in [1.54, 1.807) is 7.11 Å². The molecule has 3 nitrogen and oxygen atoms in total. The Hall–Kier alpha value is -2.00. The van der Waals surface area contributed by atoms with Crippen LogP contribution in [0.1, 0.15) is 29.2 Å². The molecule has 21 heavy (non-hydrogen) atoms. The molecule has 1 spiro atoms. The molecule has 0 saturated heterocycles. The van der Waals surface area contributed by atoms with Gasteiger partial charge in [0.1, 0.15) is 17.1 Å². The molecule has 108 valence electrons. The van der Waals surface area contributed by atoms with Crippen LogP contribution in [-0.4, -0.2) is 17.8 Å². The van der Waals surface area contributed by atoms with E-state index in [9.17, 15) is 5.11 Å². The number of hydrogen-bond donors (Lipinski definition) is 1. The van der Waals surface area contributed by atoms with Crippen molar-refractivity contribution in [2.45, 2.75) is 31.0 Å². The Bertz CT molecular complexity index is 668. The summed E-state index contributed by atoms with van der Waals surface area (Å²) in [6, 6.07) is 14.1. The smallest absolute Gasteiger partial charge is 0.126 e. The lowest BCUT2D eigenvalue weighted by atomic mass is 9.86. The van der Waals surface area contributed by atoms with Crippen LogP contribution in [0, 0.1) is 0 Å². The first-order valence-corrected chi connectivity index (χ1v) is 7.31. The Labute approximate surface area is 124 Å². The molecule has 2 aromatic rings. The maximum absolute atomic E-state index is 10.6. The summed E-state index contributed by atoms with van der Waals surface area (Å²) in [4.78, 5) is 0. The zero-order valence-electron chi connectivity index (χ0n) is 12.0. The highest BCUT2D eigenvalue weighted by atomic mass is 16.5. The topological polar surface area (TPSA) is 38.7 Å². The molecule has 2 aliphatic rings. The fourth-order valence-corrected chi connectivity index (χ4v) is 3.62. The summed E-state index contributed by atoms with van der Waals surface area (Å²) in [5.41, 5.74) is 3.20. The summed E-state index contributed by atoms with van der Waals surface area (Å²) in [6.45, 7) is 0. The van der Waals surface area contributed by atoms with Gasteiger partial charge in [-0.25, -0.2) is 0 Å². The molecule has 1 aliphatic carbocycles. The molecule has 0 bridgehead atoms. The molecule has 1 aliphatic heterocycles. The Kier molecular flexibility index (Phi) is 2.73. The van der Waals surface area contributed by atoms with Crippen molar-refractivity contribution in [3.63, 3.8) is 0 Å². The number of fused-ring (bicyclic) bond motifs is 2. The fourth-order valence-electron chi connectivity index (χ4n) is 3.62. The predicted molar refractivity (Wildman–Crippen MR) is 79.8 cm³/mol. The first kappa shape index (κ1) is 12.7. The minimum absolute atomic E-state index is 0.301. The van der Waals surface area contributed by atoms with E-state index in [2.05, 4.69) is 24.3 Å². The normalized spacial score (nSPS) is 21.5. The lowest BCUT2D eigenvalue weighted by molar-refractivity contribution is -0.00719. The van der Waals surface area contributed by atoms with Gasteiger partial charge in [-0.1, -0.05) is 24.3 Å². The molecule has 3 heteroatoms. The van der Waals surface area contributed by atoms with E-state index in [1.165, 1.54) is 11.1 Å². The third-order valence-electron chi connectivity index (χ3n) is 4.61. The summed E-state index contributed by atoms with van der Waals surface area (Å²) in [7, 11) is 1.63. The van der Waals surface area contributed by atoms with Crippen molar-refractivity contribution < 1.29 is 14.6 Å². The van der Waals surface area contributed by atoms with Gasteiger partial charge in [-0.05, 0) is 29.3 Å². The highest BCUT2D eigenvalue weighted by molar-refractivity contribution is 5.46. The van der Waals surface area contributed by atoms with Crippen LogP contribution < -0.4 is 9.47 Å². The second-order valence-electron chi connectivity index (χ2n) is 6.03. The Morgan fingerprint density at radius 1 is 1.14 bits per heavy atom. The molecule has 0 unspecified atom stereocenters. The molecular formula is C18H18O3. The number of ether oxygens (including phenoxy) is 2. The largest absolute Gasteiger partial charge is 0.497 e. The molecule has 0 radical (unpaired) electrons. The minimum atomic E-state index is -0.502. The average Bonchev–Trinajstić information content (AvgIpc) is 2.84. The zero-order valence-corrected chi connectivity index (χ0v) is 12.0. The molecule has 0 fully saturated rings. The van der Waals surface area contributed by atoms with Gasteiger partial charge in [0.2, 0.25) is 0 Å². The van der Waals surface area contributed by atoms with Crippen molar-refractivity contribution in [3.8, 4) is 11.5 Å². The molecular weight excluding hydrogens is 264 g/mol. The summed E-state index contributed by atoms with van der Waals surface area (Å²) in [5, 5.41) is 10.6. The van der Waals surface area contributed by atoms with Gasteiger partial charge in [0, 0.05) is 24.8 Å². The van der Waals surface area contributed by atoms with Gasteiger partial charge in [0.15, 0.2) is 0 Å². The van der Waals surface area contributed by atoms with Crippen LogP contribution in [0.3, 0.4) is 0 Å². The number of methoxy groups -OCH3 is 1. The number of benzene rings is 2. The monoisotopic (exact) mass is 282 g/mol. The number of aliphatic hydroxyl groups excluding tert-OH is 1. The molecule has 2 aromatic carbocycles. The first-order chi connectivity index (χ1) is 10.2. The highest BCUT2D eigenvalue weighted by Crippen LogP contribution is 2.46. The summed E-state index contributed by atoms with van der Waals surface area (Å²) >= 11 is 0. The maximum atomic E-state index is 10.6. The zero-order chi connectivity index (χ0) is 14.4. The van der Waals surface area contributed by atoms with E-state index in [0.29, 0.717) is 6.42 Å².